The predicted molar refractivity (Wildman–Crippen MR) is 103 cm³/mol. The van der Waals surface area contributed by atoms with Crippen LogP contribution in [0.15, 0.2) is 54.6 Å². The molecule has 0 saturated carbocycles. The van der Waals surface area contributed by atoms with Gasteiger partial charge in [0.25, 0.3) is 5.91 Å². The minimum Gasteiger partial charge on any atom is -0.478 e. The number of benzene rings is 2. The molecule has 30 heavy (non-hydrogen) atoms. The van der Waals surface area contributed by atoms with Crippen LogP contribution in [0.4, 0.5) is 13.2 Å². The van der Waals surface area contributed by atoms with E-state index in [0.717, 1.165) is 18.6 Å². The lowest BCUT2D eigenvalue weighted by Crippen LogP contribution is -2.14. The fourth-order valence-corrected chi connectivity index (χ4v) is 2.48. The van der Waals surface area contributed by atoms with Crippen molar-refractivity contribution in [2.24, 2.45) is 5.73 Å². The number of primary amides is 1. The Balaban J connectivity index is 1.79. The summed E-state index contributed by atoms with van der Waals surface area (Å²) < 4.78 is 49.0. The van der Waals surface area contributed by atoms with Crippen LogP contribution < -0.4 is 15.2 Å². The van der Waals surface area contributed by atoms with E-state index < -0.39 is 17.6 Å². The van der Waals surface area contributed by atoms with E-state index in [1.807, 2.05) is 6.92 Å². The first-order valence-electron chi connectivity index (χ1n) is 9.03. The van der Waals surface area contributed by atoms with Crippen LogP contribution >= 0.6 is 0 Å². The van der Waals surface area contributed by atoms with Gasteiger partial charge in [-0.1, -0.05) is 6.92 Å². The third-order valence-electron chi connectivity index (χ3n) is 3.94. The van der Waals surface area contributed by atoms with Gasteiger partial charge in [-0.2, -0.15) is 18.2 Å². The van der Waals surface area contributed by atoms with Gasteiger partial charge in [-0.05, 0) is 55.0 Å². The average molecular weight is 417 g/mol. The zero-order valence-corrected chi connectivity index (χ0v) is 15.9. The summed E-state index contributed by atoms with van der Waals surface area (Å²) in [6.45, 7) is 2.36. The molecule has 6 nitrogen and oxygen atoms in total. The zero-order chi connectivity index (χ0) is 21.7. The first kappa shape index (κ1) is 21.1. The molecule has 0 aliphatic heterocycles. The van der Waals surface area contributed by atoms with Crippen LogP contribution in [0.25, 0.3) is 11.4 Å². The summed E-state index contributed by atoms with van der Waals surface area (Å²) in [5.41, 5.74) is 5.19. The van der Waals surface area contributed by atoms with Crippen LogP contribution in [0.2, 0.25) is 0 Å². The van der Waals surface area contributed by atoms with Crippen molar-refractivity contribution in [2.75, 3.05) is 6.61 Å². The lowest BCUT2D eigenvalue weighted by atomic mass is 10.2. The van der Waals surface area contributed by atoms with Gasteiger partial charge in [-0.3, -0.25) is 4.79 Å². The minimum atomic E-state index is -4.40. The number of nitrogens with zero attached hydrogens (tertiary/aromatic N) is 2. The van der Waals surface area contributed by atoms with Gasteiger partial charge in [0.05, 0.1) is 12.2 Å². The van der Waals surface area contributed by atoms with E-state index in [1.165, 1.54) is 18.2 Å². The van der Waals surface area contributed by atoms with Gasteiger partial charge in [0.15, 0.2) is 5.82 Å². The number of carbonyl (C=O) groups excluding carboxylic acids is 1. The summed E-state index contributed by atoms with van der Waals surface area (Å²) in [4.78, 5) is 20.0. The van der Waals surface area contributed by atoms with E-state index in [-0.39, 0.29) is 23.1 Å². The second-order valence-corrected chi connectivity index (χ2v) is 6.28. The zero-order valence-electron chi connectivity index (χ0n) is 15.9. The van der Waals surface area contributed by atoms with Crippen molar-refractivity contribution in [3.63, 3.8) is 0 Å². The van der Waals surface area contributed by atoms with Gasteiger partial charge >= 0.3 is 6.18 Å². The van der Waals surface area contributed by atoms with Crippen molar-refractivity contribution in [2.45, 2.75) is 19.5 Å². The fourth-order valence-electron chi connectivity index (χ4n) is 2.48. The topological polar surface area (TPSA) is 87.3 Å². The summed E-state index contributed by atoms with van der Waals surface area (Å²) in [6, 6.07) is 12.3. The molecule has 156 valence electrons. The van der Waals surface area contributed by atoms with E-state index in [1.54, 1.807) is 24.3 Å². The van der Waals surface area contributed by atoms with Crippen molar-refractivity contribution in [1.29, 1.82) is 0 Å². The van der Waals surface area contributed by atoms with Crippen LogP contribution in [-0.4, -0.2) is 22.5 Å². The Labute approximate surface area is 170 Å². The van der Waals surface area contributed by atoms with Gasteiger partial charge in [0.2, 0.25) is 5.88 Å². The number of alkyl halides is 3. The molecule has 0 fully saturated rings. The van der Waals surface area contributed by atoms with Gasteiger partial charge in [0.1, 0.15) is 17.2 Å². The van der Waals surface area contributed by atoms with Gasteiger partial charge in [-0.15, -0.1) is 0 Å². The highest BCUT2D eigenvalue weighted by molar-refractivity contribution is 5.91. The standard InChI is InChI=1S/C21H18F3N3O3/c1-2-11-29-18-12-17(19(25)28)26-20(27-18)13-3-7-15(8-4-13)30-16-9-5-14(6-10-16)21(22,23)24/h3-10,12H,2,11H2,1H3,(H2,25,28). The second-order valence-electron chi connectivity index (χ2n) is 6.28. The van der Waals surface area contributed by atoms with E-state index in [2.05, 4.69) is 9.97 Å². The molecular formula is C21H18F3N3O3. The molecule has 2 aromatic carbocycles. The lowest BCUT2D eigenvalue weighted by molar-refractivity contribution is -0.137. The summed E-state index contributed by atoms with van der Waals surface area (Å²) >= 11 is 0. The molecular weight excluding hydrogens is 399 g/mol. The number of halogens is 3. The maximum absolute atomic E-state index is 12.6. The Kier molecular flexibility index (Phi) is 6.20. The van der Waals surface area contributed by atoms with Crippen LogP contribution in [0.3, 0.4) is 0 Å². The molecule has 1 aromatic heterocycles. The third kappa shape index (κ3) is 5.25. The highest BCUT2D eigenvalue weighted by atomic mass is 19.4. The lowest BCUT2D eigenvalue weighted by Gasteiger charge is -2.10. The number of nitrogens with two attached hydrogens (primary N) is 1. The summed E-state index contributed by atoms with van der Waals surface area (Å²) in [7, 11) is 0. The molecule has 9 heteroatoms. The summed E-state index contributed by atoms with van der Waals surface area (Å²) in [5.74, 6) is 0.450. The molecule has 0 saturated heterocycles. The Morgan fingerprint density at radius 2 is 1.60 bits per heavy atom. The monoisotopic (exact) mass is 417 g/mol. The molecule has 0 spiro atoms. The molecule has 0 radical (unpaired) electrons. The quantitative estimate of drug-likeness (QED) is 0.594. The first-order chi connectivity index (χ1) is 14.3. The molecule has 0 unspecified atom stereocenters. The van der Waals surface area contributed by atoms with Crippen LogP contribution in [-0.2, 0) is 6.18 Å². The highest BCUT2D eigenvalue weighted by Crippen LogP contribution is 2.31. The maximum atomic E-state index is 12.6. The van der Waals surface area contributed by atoms with Crippen molar-refractivity contribution in [3.8, 4) is 28.8 Å². The van der Waals surface area contributed by atoms with E-state index in [9.17, 15) is 18.0 Å². The third-order valence-corrected chi connectivity index (χ3v) is 3.94. The maximum Gasteiger partial charge on any atom is 0.416 e. The number of hydrogen-bond donors (Lipinski definition) is 1. The SMILES string of the molecule is CCCOc1cc(C(N)=O)nc(-c2ccc(Oc3ccc(C(F)(F)F)cc3)cc2)n1. The predicted octanol–water partition coefficient (Wildman–Crippen LogP) is 4.84. The Morgan fingerprint density at radius 3 is 2.13 bits per heavy atom. The van der Waals surface area contributed by atoms with Crippen molar-refractivity contribution in [1.82, 2.24) is 9.97 Å². The molecule has 0 aliphatic carbocycles. The number of rotatable bonds is 7. The first-order valence-corrected chi connectivity index (χ1v) is 9.03. The molecule has 2 N–H and O–H groups in total. The van der Waals surface area contributed by atoms with Crippen molar-refractivity contribution < 1.29 is 27.4 Å². The Morgan fingerprint density at radius 1 is 1.00 bits per heavy atom. The van der Waals surface area contributed by atoms with Gasteiger partial charge < -0.3 is 15.2 Å². The van der Waals surface area contributed by atoms with E-state index in [4.69, 9.17) is 15.2 Å². The normalized spacial score (nSPS) is 11.2. The van der Waals surface area contributed by atoms with Crippen LogP contribution in [0.5, 0.6) is 17.4 Å². The highest BCUT2D eigenvalue weighted by Gasteiger charge is 2.30. The molecule has 0 atom stereocenters. The summed E-state index contributed by atoms with van der Waals surface area (Å²) in [5, 5.41) is 0. The molecule has 0 aliphatic rings. The van der Waals surface area contributed by atoms with Gasteiger partial charge in [0, 0.05) is 11.6 Å². The Bertz CT molecular complexity index is 1020. The van der Waals surface area contributed by atoms with Crippen LogP contribution in [0, 0.1) is 0 Å². The molecule has 3 rings (SSSR count). The van der Waals surface area contributed by atoms with Gasteiger partial charge in [-0.25, -0.2) is 4.98 Å². The van der Waals surface area contributed by atoms with Crippen molar-refractivity contribution in [3.05, 3.63) is 65.9 Å². The van der Waals surface area contributed by atoms with E-state index >= 15 is 0 Å². The second kappa shape index (κ2) is 8.81. The van der Waals surface area contributed by atoms with Crippen LogP contribution in [0.1, 0.15) is 29.4 Å². The molecule has 1 amide bonds. The number of carbonyl (C=O) groups is 1. The molecule has 3 aromatic rings. The fraction of sp³-hybridized carbons (Fsp3) is 0.190. The molecule has 0 bridgehead atoms. The van der Waals surface area contributed by atoms with Crippen molar-refractivity contribution >= 4 is 5.91 Å². The Hall–Kier alpha value is -3.62. The number of hydrogen-bond acceptors (Lipinski definition) is 5. The number of aromatic nitrogens is 2. The molecule has 1 heterocycles. The number of amides is 1. The minimum absolute atomic E-state index is 0.0242. The smallest absolute Gasteiger partial charge is 0.416 e. The average Bonchev–Trinajstić information content (AvgIpc) is 2.72. The summed E-state index contributed by atoms with van der Waals surface area (Å²) in [6.07, 6.45) is -3.64. The number of ether oxygens (including phenoxy) is 2. The largest absolute Gasteiger partial charge is 0.478 e. The van der Waals surface area contributed by atoms with E-state index in [0.29, 0.717) is 17.9 Å².